The van der Waals surface area contributed by atoms with Gasteiger partial charge in [0.2, 0.25) is 0 Å². The van der Waals surface area contributed by atoms with Gasteiger partial charge >= 0.3 is 0 Å². The summed E-state index contributed by atoms with van der Waals surface area (Å²) in [5.41, 5.74) is 3.00. The second-order valence-electron chi connectivity index (χ2n) is 10.5. The van der Waals surface area contributed by atoms with Gasteiger partial charge in [-0.2, -0.15) is 5.10 Å². The first-order valence-corrected chi connectivity index (χ1v) is 11.8. The van der Waals surface area contributed by atoms with E-state index >= 15 is 0 Å². The number of unbranched alkanes of at least 4 members (excludes halogenated alkanes) is 3. The van der Waals surface area contributed by atoms with Gasteiger partial charge < -0.3 is 9.84 Å². The van der Waals surface area contributed by atoms with Crippen LogP contribution in [-0.4, -0.2) is 25.9 Å². The molecule has 2 heterocycles. The molecule has 0 unspecified atom stereocenters. The lowest BCUT2D eigenvalue weighted by Gasteiger charge is -2.47. The molecule has 2 aliphatic rings. The van der Waals surface area contributed by atoms with Crippen molar-refractivity contribution in [3.63, 3.8) is 0 Å². The Hall–Kier alpha value is -2.30. The molecule has 1 aromatic carbocycles. The number of aromatic hydroxyl groups is 1. The number of rotatable bonds is 7. The zero-order valence-electron chi connectivity index (χ0n) is 19.7. The summed E-state index contributed by atoms with van der Waals surface area (Å²) in [5, 5.41) is 18.2. The van der Waals surface area contributed by atoms with Crippen molar-refractivity contribution in [2.45, 2.75) is 96.5 Å². The van der Waals surface area contributed by atoms with Gasteiger partial charge in [-0.05, 0) is 61.8 Å². The van der Waals surface area contributed by atoms with Crippen LogP contribution in [0, 0.1) is 5.92 Å². The highest BCUT2D eigenvalue weighted by Crippen LogP contribution is 2.55. The van der Waals surface area contributed by atoms with E-state index in [-0.39, 0.29) is 16.9 Å². The highest BCUT2D eigenvalue weighted by atomic mass is 16.5. The van der Waals surface area contributed by atoms with E-state index in [1.54, 1.807) is 6.33 Å². The molecule has 31 heavy (non-hydrogen) atoms. The van der Waals surface area contributed by atoms with Gasteiger partial charge in [0.1, 0.15) is 23.4 Å². The number of H-pyrrole nitrogens is 1. The Bertz CT molecular complexity index is 944. The molecule has 0 radical (unpaired) electrons. The molecular weight excluding hydrogens is 386 g/mol. The number of ether oxygens (including phenoxy) is 1. The summed E-state index contributed by atoms with van der Waals surface area (Å²) >= 11 is 0. The molecule has 0 saturated carbocycles. The summed E-state index contributed by atoms with van der Waals surface area (Å²) in [6.45, 7) is 11.2. The van der Waals surface area contributed by atoms with Crippen molar-refractivity contribution in [1.29, 1.82) is 0 Å². The molecule has 0 bridgehead atoms. The number of aromatic nitrogens is 3. The fourth-order valence-electron chi connectivity index (χ4n) is 5.48. The molecular formula is C26H37N3O2. The number of phenols is 1. The monoisotopic (exact) mass is 423 g/mol. The standard InChI is InChI=1S/C26H37N3O2/c1-6-7-8-9-12-25(2,3)18-14-21(30)23-19-13-17(24-27-16-28-29-24)10-11-20(19)26(4,5)31-22(23)15-18/h10,14-16,19-20,30H,6-9,11-13H2,1-5H3,(H,27,28,29)/t19-,20-/m1/s1. The number of allylic oxidation sites excluding steroid dienone is 2. The maximum Gasteiger partial charge on any atom is 0.151 e. The number of nitrogens with zero attached hydrogens (tertiary/aromatic N) is 2. The van der Waals surface area contributed by atoms with E-state index in [9.17, 15) is 5.11 Å². The normalized spacial score (nSPS) is 22.3. The van der Waals surface area contributed by atoms with E-state index < -0.39 is 0 Å². The zero-order valence-corrected chi connectivity index (χ0v) is 19.7. The van der Waals surface area contributed by atoms with Crippen LogP contribution in [0.5, 0.6) is 11.5 Å². The van der Waals surface area contributed by atoms with Crippen LogP contribution in [0.1, 0.15) is 102 Å². The molecule has 5 nitrogen and oxygen atoms in total. The summed E-state index contributed by atoms with van der Waals surface area (Å²) in [4.78, 5) is 4.35. The third-order valence-corrected chi connectivity index (χ3v) is 7.46. The van der Waals surface area contributed by atoms with E-state index in [0.29, 0.717) is 11.7 Å². The second-order valence-corrected chi connectivity index (χ2v) is 10.5. The molecule has 1 aromatic heterocycles. The number of hydrogen-bond acceptors (Lipinski definition) is 4. The number of nitrogens with one attached hydrogen (secondary N) is 1. The van der Waals surface area contributed by atoms with Crippen LogP contribution in [0.15, 0.2) is 24.5 Å². The van der Waals surface area contributed by atoms with Gasteiger partial charge in [0.15, 0.2) is 5.82 Å². The van der Waals surface area contributed by atoms with Crippen molar-refractivity contribution in [3.05, 3.63) is 41.5 Å². The molecule has 2 atom stereocenters. The van der Waals surface area contributed by atoms with Crippen LogP contribution in [0.4, 0.5) is 0 Å². The van der Waals surface area contributed by atoms with E-state index in [1.807, 2.05) is 6.07 Å². The lowest BCUT2D eigenvalue weighted by Crippen LogP contribution is -2.45. The molecule has 1 aliphatic carbocycles. The SMILES string of the molecule is CCCCCCC(C)(C)c1cc(O)c2c(c1)OC(C)(C)[C@@H]1CC=C(c3ncn[nH]3)C[C@@H]21. The van der Waals surface area contributed by atoms with E-state index in [2.05, 4.69) is 61.9 Å². The molecule has 0 fully saturated rings. The molecule has 1 aliphatic heterocycles. The number of fused-ring (bicyclic) bond motifs is 3. The molecule has 0 saturated heterocycles. The Morgan fingerprint density at radius 2 is 2.03 bits per heavy atom. The van der Waals surface area contributed by atoms with E-state index in [0.717, 1.165) is 42.0 Å². The maximum absolute atomic E-state index is 11.2. The Balaban J connectivity index is 1.66. The third-order valence-electron chi connectivity index (χ3n) is 7.46. The molecule has 168 valence electrons. The Labute approximate surface area is 186 Å². The van der Waals surface area contributed by atoms with Crippen LogP contribution >= 0.6 is 0 Å². The molecule has 0 spiro atoms. The molecule has 4 rings (SSSR count). The fraction of sp³-hybridized carbons (Fsp3) is 0.615. The average Bonchev–Trinajstić information content (AvgIpc) is 3.25. The third kappa shape index (κ3) is 4.24. The molecule has 0 amide bonds. The van der Waals surface area contributed by atoms with Crippen LogP contribution in [-0.2, 0) is 5.41 Å². The minimum atomic E-state index is -0.294. The molecule has 5 heteroatoms. The quantitative estimate of drug-likeness (QED) is 0.498. The minimum absolute atomic E-state index is 0.00205. The van der Waals surface area contributed by atoms with Crippen LogP contribution in [0.25, 0.3) is 5.57 Å². The number of aromatic amines is 1. The second kappa shape index (κ2) is 8.33. The van der Waals surface area contributed by atoms with Gasteiger partial charge in [-0.1, -0.05) is 52.5 Å². The lowest BCUT2D eigenvalue weighted by molar-refractivity contribution is 0.00906. The maximum atomic E-state index is 11.2. The summed E-state index contributed by atoms with van der Waals surface area (Å²) < 4.78 is 6.55. The van der Waals surface area contributed by atoms with Crippen molar-refractivity contribution >= 4 is 5.57 Å². The highest BCUT2D eigenvalue weighted by molar-refractivity contribution is 5.64. The highest BCUT2D eigenvalue weighted by Gasteiger charge is 2.46. The minimum Gasteiger partial charge on any atom is -0.508 e. The van der Waals surface area contributed by atoms with Crippen molar-refractivity contribution in [3.8, 4) is 11.5 Å². The van der Waals surface area contributed by atoms with E-state index in [1.165, 1.54) is 31.3 Å². The summed E-state index contributed by atoms with van der Waals surface area (Å²) in [7, 11) is 0. The molecule has 2 aromatic rings. The predicted molar refractivity (Wildman–Crippen MR) is 124 cm³/mol. The summed E-state index contributed by atoms with van der Waals surface area (Å²) in [5.74, 6) is 2.56. The summed E-state index contributed by atoms with van der Waals surface area (Å²) in [6.07, 6.45) is 11.6. The van der Waals surface area contributed by atoms with Gasteiger partial charge in [-0.25, -0.2) is 4.98 Å². The van der Waals surface area contributed by atoms with E-state index in [4.69, 9.17) is 4.74 Å². The Morgan fingerprint density at radius 3 is 2.74 bits per heavy atom. The van der Waals surface area contributed by atoms with Crippen molar-refractivity contribution in [2.24, 2.45) is 5.92 Å². The van der Waals surface area contributed by atoms with Gasteiger partial charge in [-0.15, -0.1) is 0 Å². The first-order valence-electron chi connectivity index (χ1n) is 11.8. The van der Waals surface area contributed by atoms with Crippen molar-refractivity contribution in [1.82, 2.24) is 15.2 Å². The number of hydrogen-bond donors (Lipinski definition) is 2. The lowest BCUT2D eigenvalue weighted by atomic mass is 9.66. The molecule has 2 N–H and O–H groups in total. The largest absolute Gasteiger partial charge is 0.508 e. The fourth-order valence-corrected chi connectivity index (χ4v) is 5.48. The average molecular weight is 424 g/mol. The first-order chi connectivity index (χ1) is 14.7. The summed E-state index contributed by atoms with van der Waals surface area (Å²) in [6, 6.07) is 4.18. The van der Waals surface area contributed by atoms with Gasteiger partial charge in [-0.3, -0.25) is 5.10 Å². The predicted octanol–water partition coefficient (Wildman–Crippen LogP) is 6.51. The van der Waals surface area contributed by atoms with Crippen molar-refractivity contribution < 1.29 is 9.84 Å². The number of benzene rings is 1. The smallest absolute Gasteiger partial charge is 0.151 e. The van der Waals surface area contributed by atoms with Crippen LogP contribution in [0.2, 0.25) is 0 Å². The van der Waals surface area contributed by atoms with Crippen LogP contribution in [0.3, 0.4) is 0 Å². The number of phenolic OH excluding ortho intramolecular Hbond substituents is 1. The van der Waals surface area contributed by atoms with Gasteiger partial charge in [0.25, 0.3) is 0 Å². The van der Waals surface area contributed by atoms with Gasteiger partial charge in [0, 0.05) is 17.4 Å². The van der Waals surface area contributed by atoms with Crippen LogP contribution < -0.4 is 4.74 Å². The topological polar surface area (TPSA) is 71.0 Å². The van der Waals surface area contributed by atoms with Crippen molar-refractivity contribution in [2.75, 3.05) is 0 Å². The van der Waals surface area contributed by atoms with Gasteiger partial charge in [0.05, 0.1) is 0 Å². The Morgan fingerprint density at radius 1 is 1.23 bits per heavy atom. The Kier molecular flexibility index (Phi) is 5.89. The first kappa shape index (κ1) is 21.9. The zero-order chi connectivity index (χ0) is 22.2.